The number of sulfone groups is 1. The fraction of sp³-hybridized carbons (Fsp3) is 0.538. The Morgan fingerprint density at radius 2 is 1.90 bits per heavy atom. The van der Waals surface area contributed by atoms with Crippen LogP contribution in [0.3, 0.4) is 0 Å². The topological polar surface area (TPSA) is 89.3 Å². The number of nitro benzene ring substituents is 1. The molecule has 1 N–H and O–H groups in total. The summed E-state index contributed by atoms with van der Waals surface area (Å²) in [6.45, 7) is 4.90. The Bertz CT molecular complexity index is 580. The van der Waals surface area contributed by atoms with Crippen molar-refractivity contribution in [3.63, 3.8) is 0 Å². The Morgan fingerprint density at radius 3 is 2.35 bits per heavy atom. The number of nitro groups is 1. The van der Waals surface area contributed by atoms with E-state index in [-0.39, 0.29) is 10.6 Å². The highest BCUT2D eigenvalue weighted by Gasteiger charge is 2.22. The molecular formula is C13H20N2O4S. The van der Waals surface area contributed by atoms with Gasteiger partial charge in [-0.1, -0.05) is 26.7 Å². The van der Waals surface area contributed by atoms with Crippen molar-refractivity contribution < 1.29 is 13.3 Å². The molecule has 0 amide bonds. The summed E-state index contributed by atoms with van der Waals surface area (Å²) in [5.74, 6) is 0.492. The number of nitrogens with zero attached hydrogens (tertiary/aromatic N) is 1. The molecule has 0 unspecified atom stereocenters. The number of rotatable bonds is 7. The standard InChI is InChI=1S/C13H20N2O4S/c1-4-10(5-2)9-14-11-6-7-12(15(16)17)13(8-11)20(3,18)19/h6-8,10,14H,4-5,9H2,1-3H3. The van der Waals surface area contributed by atoms with Gasteiger partial charge in [0.2, 0.25) is 0 Å². The second kappa shape index (κ2) is 6.69. The van der Waals surface area contributed by atoms with Crippen LogP contribution in [0.2, 0.25) is 0 Å². The highest BCUT2D eigenvalue weighted by Crippen LogP contribution is 2.27. The van der Waals surface area contributed by atoms with E-state index in [2.05, 4.69) is 19.2 Å². The summed E-state index contributed by atoms with van der Waals surface area (Å²) in [5, 5.41) is 14.0. The van der Waals surface area contributed by atoms with Crippen molar-refractivity contribution in [1.82, 2.24) is 0 Å². The highest BCUT2D eigenvalue weighted by molar-refractivity contribution is 7.90. The fourth-order valence-electron chi connectivity index (χ4n) is 1.91. The van der Waals surface area contributed by atoms with Gasteiger partial charge < -0.3 is 5.32 Å². The van der Waals surface area contributed by atoms with Crippen LogP contribution in [0.15, 0.2) is 23.1 Å². The van der Waals surface area contributed by atoms with Crippen LogP contribution in [0.4, 0.5) is 11.4 Å². The Kier molecular flexibility index (Phi) is 5.50. The van der Waals surface area contributed by atoms with Crippen molar-refractivity contribution in [2.24, 2.45) is 5.92 Å². The molecule has 0 spiro atoms. The van der Waals surface area contributed by atoms with Crippen molar-refractivity contribution in [2.45, 2.75) is 31.6 Å². The summed E-state index contributed by atoms with van der Waals surface area (Å²) in [4.78, 5) is 9.93. The summed E-state index contributed by atoms with van der Waals surface area (Å²) in [5.41, 5.74) is 0.198. The highest BCUT2D eigenvalue weighted by atomic mass is 32.2. The lowest BCUT2D eigenvalue weighted by Gasteiger charge is -2.14. The summed E-state index contributed by atoms with van der Waals surface area (Å²) in [6, 6.07) is 4.09. The first kappa shape index (κ1) is 16.4. The predicted molar refractivity (Wildman–Crippen MR) is 78.8 cm³/mol. The normalized spacial score (nSPS) is 11.6. The molecule has 0 bridgehead atoms. The molecule has 0 aromatic heterocycles. The summed E-state index contributed by atoms with van der Waals surface area (Å²) < 4.78 is 23.3. The monoisotopic (exact) mass is 300 g/mol. The van der Waals surface area contributed by atoms with E-state index in [1.807, 2.05) is 0 Å². The van der Waals surface area contributed by atoms with Crippen molar-refractivity contribution >= 4 is 21.2 Å². The van der Waals surface area contributed by atoms with Gasteiger partial charge in [0.1, 0.15) is 4.90 Å². The van der Waals surface area contributed by atoms with Crippen molar-refractivity contribution in [3.05, 3.63) is 28.3 Å². The van der Waals surface area contributed by atoms with Gasteiger partial charge in [0.25, 0.3) is 5.69 Å². The first-order valence-electron chi connectivity index (χ1n) is 6.52. The van der Waals surface area contributed by atoms with Gasteiger partial charge in [0, 0.05) is 24.6 Å². The van der Waals surface area contributed by atoms with Crippen molar-refractivity contribution in [3.8, 4) is 0 Å². The van der Waals surface area contributed by atoms with E-state index >= 15 is 0 Å². The molecule has 1 rings (SSSR count). The molecule has 1 aromatic carbocycles. The zero-order valence-electron chi connectivity index (χ0n) is 11.9. The second-order valence-corrected chi connectivity index (χ2v) is 6.76. The molecule has 0 radical (unpaired) electrons. The van der Waals surface area contributed by atoms with Crippen LogP contribution in [0, 0.1) is 16.0 Å². The van der Waals surface area contributed by atoms with E-state index in [9.17, 15) is 18.5 Å². The smallest absolute Gasteiger partial charge is 0.288 e. The quantitative estimate of drug-likeness (QED) is 0.617. The third-order valence-electron chi connectivity index (χ3n) is 3.31. The number of nitrogens with one attached hydrogen (secondary N) is 1. The van der Waals surface area contributed by atoms with Gasteiger partial charge in [-0.25, -0.2) is 8.42 Å². The van der Waals surface area contributed by atoms with Gasteiger partial charge >= 0.3 is 0 Å². The van der Waals surface area contributed by atoms with Crippen molar-refractivity contribution in [1.29, 1.82) is 0 Å². The van der Waals surface area contributed by atoms with Crippen LogP contribution >= 0.6 is 0 Å². The zero-order valence-corrected chi connectivity index (χ0v) is 12.7. The molecule has 0 saturated carbocycles. The molecule has 7 heteroatoms. The summed E-state index contributed by atoms with van der Waals surface area (Å²) in [7, 11) is -3.63. The maximum absolute atomic E-state index is 11.6. The Balaban J connectivity index is 3.05. The molecule has 20 heavy (non-hydrogen) atoms. The lowest BCUT2D eigenvalue weighted by molar-refractivity contribution is -0.387. The van der Waals surface area contributed by atoms with E-state index in [1.165, 1.54) is 18.2 Å². The van der Waals surface area contributed by atoms with Gasteiger partial charge in [-0.05, 0) is 18.1 Å². The molecule has 0 heterocycles. The van der Waals surface area contributed by atoms with Gasteiger partial charge in [-0.3, -0.25) is 10.1 Å². The third-order valence-corrected chi connectivity index (χ3v) is 4.43. The fourth-order valence-corrected chi connectivity index (χ4v) is 2.77. The molecule has 0 fully saturated rings. The lowest BCUT2D eigenvalue weighted by atomic mass is 10.0. The lowest BCUT2D eigenvalue weighted by Crippen LogP contribution is -2.13. The van der Waals surface area contributed by atoms with E-state index in [4.69, 9.17) is 0 Å². The molecule has 0 atom stereocenters. The number of hydrogen-bond acceptors (Lipinski definition) is 5. The summed E-state index contributed by atoms with van der Waals surface area (Å²) >= 11 is 0. The molecule has 0 aliphatic rings. The largest absolute Gasteiger partial charge is 0.385 e. The summed E-state index contributed by atoms with van der Waals surface area (Å²) in [6.07, 6.45) is 3.02. The van der Waals surface area contributed by atoms with Crippen molar-refractivity contribution in [2.75, 3.05) is 18.1 Å². The Morgan fingerprint density at radius 1 is 1.30 bits per heavy atom. The second-order valence-electron chi connectivity index (χ2n) is 4.78. The van der Waals surface area contributed by atoms with Crippen LogP contribution in [-0.4, -0.2) is 26.1 Å². The third kappa shape index (κ3) is 4.19. The average molecular weight is 300 g/mol. The molecular weight excluding hydrogens is 280 g/mol. The first-order chi connectivity index (χ1) is 9.29. The number of benzene rings is 1. The minimum absolute atomic E-state index is 0.253. The molecule has 0 saturated heterocycles. The minimum Gasteiger partial charge on any atom is -0.385 e. The molecule has 112 valence electrons. The van der Waals surface area contributed by atoms with Gasteiger partial charge in [-0.15, -0.1) is 0 Å². The van der Waals surface area contributed by atoms with Crippen LogP contribution < -0.4 is 5.32 Å². The van der Waals surface area contributed by atoms with Gasteiger partial charge in [0.15, 0.2) is 9.84 Å². The first-order valence-corrected chi connectivity index (χ1v) is 8.41. The van der Waals surface area contributed by atoms with E-state index in [0.717, 1.165) is 19.1 Å². The predicted octanol–water partition coefficient (Wildman–Crippen LogP) is 2.85. The molecule has 0 aliphatic heterocycles. The molecule has 1 aromatic rings. The maximum atomic E-state index is 11.6. The number of hydrogen-bond donors (Lipinski definition) is 1. The van der Waals surface area contributed by atoms with Crippen LogP contribution in [0.25, 0.3) is 0 Å². The zero-order chi connectivity index (χ0) is 15.3. The molecule has 6 nitrogen and oxygen atoms in total. The van der Waals surface area contributed by atoms with E-state index < -0.39 is 14.8 Å². The van der Waals surface area contributed by atoms with Gasteiger partial charge in [0.05, 0.1) is 4.92 Å². The SMILES string of the molecule is CCC(CC)CNc1ccc([N+](=O)[O-])c(S(C)(=O)=O)c1. The minimum atomic E-state index is -3.63. The Labute approximate surface area is 119 Å². The average Bonchev–Trinajstić information content (AvgIpc) is 2.38. The van der Waals surface area contributed by atoms with E-state index in [1.54, 1.807) is 0 Å². The van der Waals surface area contributed by atoms with Crippen LogP contribution in [0.5, 0.6) is 0 Å². The van der Waals surface area contributed by atoms with Gasteiger partial charge in [-0.2, -0.15) is 0 Å². The van der Waals surface area contributed by atoms with E-state index in [0.29, 0.717) is 18.2 Å². The Hall–Kier alpha value is -1.63. The van der Waals surface area contributed by atoms with Crippen LogP contribution in [0.1, 0.15) is 26.7 Å². The van der Waals surface area contributed by atoms with Crippen LogP contribution in [-0.2, 0) is 9.84 Å². The molecule has 0 aliphatic carbocycles. The number of anilines is 1. The maximum Gasteiger partial charge on any atom is 0.288 e.